The van der Waals surface area contributed by atoms with Gasteiger partial charge in [0.1, 0.15) is 11.9 Å². The lowest BCUT2D eigenvalue weighted by molar-refractivity contribution is -0.119. The van der Waals surface area contributed by atoms with Gasteiger partial charge in [0.15, 0.2) is 6.61 Å². The van der Waals surface area contributed by atoms with Crippen molar-refractivity contribution in [2.75, 3.05) is 19.7 Å². The number of sulfonamides is 1. The number of rotatable bonds is 7. The van der Waals surface area contributed by atoms with Gasteiger partial charge in [-0.3, -0.25) is 4.79 Å². The number of amides is 1. The largest absolute Gasteiger partial charge is 0.484 e. The molecule has 0 radical (unpaired) electrons. The molecule has 1 aromatic heterocycles. The monoisotopic (exact) mass is 392 g/mol. The van der Waals surface area contributed by atoms with Crippen molar-refractivity contribution in [1.82, 2.24) is 14.3 Å². The molecule has 1 aliphatic rings. The zero-order chi connectivity index (χ0) is 19.3. The van der Waals surface area contributed by atoms with E-state index in [9.17, 15) is 13.2 Å². The summed E-state index contributed by atoms with van der Waals surface area (Å²) in [7, 11) is -3.67. The van der Waals surface area contributed by atoms with Crippen molar-refractivity contribution in [2.45, 2.75) is 23.8 Å². The number of hydrogen-bond acceptors (Lipinski definition) is 7. The predicted molar refractivity (Wildman–Crippen MR) is 95.6 cm³/mol. The third-order valence-electron chi connectivity index (χ3n) is 4.00. The van der Waals surface area contributed by atoms with E-state index < -0.39 is 15.9 Å². The summed E-state index contributed by atoms with van der Waals surface area (Å²) < 4.78 is 38.0. The zero-order valence-electron chi connectivity index (χ0n) is 14.5. The van der Waals surface area contributed by atoms with E-state index in [-0.39, 0.29) is 30.2 Å². The van der Waals surface area contributed by atoms with Gasteiger partial charge in [-0.05, 0) is 43.2 Å². The van der Waals surface area contributed by atoms with E-state index >= 15 is 0 Å². The summed E-state index contributed by atoms with van der Waals surface area (Å²) in [5.74, 6) is -0.234. The van der Waals surface area contributed by atoms with Gasteiger partial charge in [-0.2, -0.15) is 4.31 Å². The zero-order valence-corrected chi connectivity index (χ0v) is 15.3. The minimum Gasteiger partial charge on any atom is -0.484 e. The number of nitrogens with zero attached hydrogens (tertiary/aromatic N) is 3. The summed E-state index contributed by atoms with van der Waals surface area (Å²) in [4.78, 5) is 18.9. The Morgan fingerprint density at radius 2 is 1.93 bits per heavy atom. The Bertz CT molecular complexity index is 874. The number of carbonyl (C=O) groups excluding carboxylic acids is 1. The molecule has 2 aromatic rings. The highest BCUT2D eigenvalue weighted by Crippen LogP contribution is 2.24. The summed E-state index contributed by atoms with van der Waals surface area (Å²) in [6.45, 7) is 0.372. The highest BCUT2D eigenvalue weighted by molar-refractivity contribution is 7.89. The second-order valence-electron chi connectivity index (χ2n) is 6.00. The molecule has 2 heterocycles. The summed E-state index contributed by atoms with van der Waals surface area (Å²) in [6, 6.07) is 7.78. The van der Waals surface area contributed by atoms with Gasteiger partial charge in [0, 0.05) is 18.9 Å². The Morgan fingerprint density at radius 3 is 2.59 bits per heavy atom. The lowest BCUT2D eigenvalue weighted by atomic mass is 10.1. The molecular weight excluding hydrogens is 372 g/mol. The van der Waals surface area contributed by atoms with Crippen LogP contribution in [-0.2, 0) is 14.8 Å². The van der Waals surface area contributed by atoms with E-state index in [1.165, 1.54) is 28.6 Å². The molecule has 144 valence electrons. The minimum atomic E-state index is -3.67. The molecule has 10 heteroatoms. The molecule has 3 rings (SSSR count). The first-order chi connectivity index (χ1) is 12.9. The fourth-order valence-corrected chi connectivity index (χ4v) is 4.24. The minimum absolute atomic E-state index is 0.144. The second-order valence-corrected chi connectivity index (χ2v) is 7.94. The lowest BCUT2D eigenvalue weighted by Crippen LogP contribution is -2.44. The Balaban J connectivity index is 1.67. The van der Waals surface area contributed by atoms with Gasteiger partial charge in [-0.1, -0.05) is 0 Å². The molecule has 1 atom stereocenters. The first-order valence-corrected chi connectivity index (χ1v) is 9.84. The topological polar surface area (TPSA) is 125 Å². The van der Waals surface area contributed by atoms with Gasteiger partial charge in [-0.25, -0.2) is 18.4 Å². The number of nitrogens with two attached hydrogens (primary N) is 1. The number of hydrogen-bond donors (Lipinski definition) is 1. The van der Waals surface area contributed by atoms with E-state index in [1.54, 1.807) is 18.5 Å². The number of ether oxygens (including phenoxy) is 2. The molecule has 0 bridgehead atoms. The van der Waals surface area contributed by atoms with E-state index in [1.807, 2.05) is 0 Å². The van der Waals surface area contributed by atoms with Crippen LogP contribution in [0.3, 0.4) is 0 Å². The van der Waals surface area contributed by atoms with Crippen LogP contribution in [0.5, 0.6) is 11.8 Å². The Kier molecular flexibility index (Phi) is 5.87. The van der Waals surface area contributed by atoms with Gasteiger partial charge < -0.3 is 15.2 Å². The quantitative estimate of drug-likeness (QED) is 0.730. The molecule has 1 aliphatic heterocycles. The number of aromatic nitrogens is 2. The van der Waals surface area contributed by atoms with Gasteiger partial charge in [0.05, 0.1) is 11.4 Å². The SMILES string of the molecule is NC(=O)COc1ccc(S(=O)(=O)N2CCCC(Oc3ncccn3)C2)cc1. The van der Waals surface area contributed by atoms with Crippen LogP contribution in [0.1, 0.15) is 12.8 Å². The maximum atomic E-state index is 12.9. The van der Waals surface area contributed by atoms with Gasteiger partial charge in [-0.15, -0.1) is 0 Å². The molecule has 1 saturated heterocycles. The van der Waals surface area contributed by atoms with Gasteiger partial charge in [0.2, 0.25) is 10.0 Å². The van der Waals surface area contributed by atoms with Crippen molar-refractivity contribution in [1.29, 1.82) is 0 Å². The summed E-state index contributed by atoms with van der Waals surface area (Å²) in [5, 5.41) is 0. The second kappa shape index (κ2) is 8.31. The molecule has 1 fully saturated rings. The van der Waals surface area contributed by atoms with E-state index in [4.69, 9.17) is 15.2 Å². The first-order valence-electron chi connectivity index (χ1n) is 8.40. The predicted octanol–water partition coefficient (Wildman–Crippen LogP) is 0.573. The van der Waals surface area contributed by atoms with Crippen molar-refractivity contribution in [2.24, 2.45) is 5.73 Å². The average molecular weight is 392 g/mol. The third-order valence-corrected chi connectivity index (χ3v) is 5.88. The van der Waals surface area contributed by atoms with Crippen LogP contribution in [0.4, 0.5) is 0 Å². The first kappa shape index (κ1) is 19.1. The van der Waals surface area contributed by atoms with Crippen molar-refractivity contribution in [3.05, 3.63) is 42.7 Å². The van der Waals surface area contributed by atoms with Crippen LogP contribution in [0.15, 0.2) is 47.6 Å². The molecule has 0 aliphatic carbocycles. The molecule has 2 N–H and O–H groups in total. The van der Waals surface area contributed by atoms with Gasteiger partial charge in [0.25, 0.3) is 5.91 Å². The van der Waals surface area contributed by atoms with Crippen LogP contribution < -0.4 is 15.2 Å². The standard InChI is InChI=1S/C17H20N4O5S/c18-16(22)12-25-13-4-6-15(7-5-13)27(23,24)21-10-1-3-14(11-21)26-17-19-8-2-9-20-17/h2,4-9,14H,1,3,10-12H2,(H2,18,22). The summed E-state index contributed by atoms with van der Waals surface area (Å²) in [6.07, 6.45) is 4.23. The molecule has 0 spiro atoms. The third kappa shape index (κ3) is 4.92. The Hall–Kier alpha value is -2.72. The van der Waals surface area contributed by atoms with Crippen molar-refractivity contribution >= 4 is 15.9 Å². The normalized spacial score (nSPS) is 18.0. The van der Waals surface area contributed by atoms with E-state index in [2.05, 4.69) is 9.97 Å². The van der Waals surface area contributed by atoms with Crippen LogP contribution in [-0.4, -0.2) is 54.4 Å². The molecule has 27 heavy (non-hydrogen) atoms. The van der Waals surface area contributed by atoms with Gasteiger partial charge >= 0.3 is 6.01 Å². The molecule has 1 aromatic carbocycles. The molecule has 1 amide bonds. The Morgan fingerprint density at radius 1 is 1.22 bits per heavy atom. The number of primary amides is 1. The van der Waals surface area contributed by atoms with Crippen LogP contribution in [0.2, 0.25) is 0 Å². The maximum Gasteiger partial charge on any atom is 0.316 e. The van der Waals surface area contributed by atoms with Crippen molar-refractivity contribution in [3.8, 4) is 11.8 Å². The van der Waals surface area contributed by atoms with Crippen molar-refractivity contribution < 1.29 is 22.7 Å². The average Bonchev–Trinajstić information content (AvgIpc) is 2.68. The number of carbonyl (C=O) groups is 1. The molecule has 1 unspecified atom stereocenters. The highest BCUT2D eigenvalue weighted by atomic mass is 32.2. The summed E-state index contributed by atoms with van der Waals surface area (Å²) in [5.41, 5.74) is 5.02. The lowest BCUT2D eigenvalue weighted by Gasteiger charge is -2.31. The fourth-order valence-electron chi connectivity index (χ4n) is 2.73. The van der Waals surface area contributed by atoms with E-state index in [0.717, 1.165) is 6.42 Å². The molecular formula is C17H20N4O5S. The van der Waals surface area contributed by atoms with Crippen LogP contribution >= 0.6 is 0 Å². The number of benzene rings is 1. The van der Waals surface area contributed by atoms with E-state index in [0.29, 0.717) is 18.7 Å². The highest BCUT2D eigenvalue weighted by Gasteiger charge is 2.31. The van der Waals surface area contributed by atoms with Crippen LogP contribution in [0.25, 0.3) is 0 Å². The summed E-state index contributed by atoms with van der Waals surface area (Å²) >= 11 is 0. The molecule has 0 saturated carbocycles. The smallest absolute Gasteiger partial charge is 0.316 e. The van der Waals surface area contributed by atoms with Crippen LogP contribution in [0, 0.1) is 0 Å². The number of piperidine rings is 1. The van der Waals surface area contributed by atoms with Crippen molar-refractivity contribution in [3.63, 3.8) is 0 Å². The molecule has 9 nitrogen and oxygen atoms in total. The Labute approximate surface area is 157 Å². The maximum absolute atomic E-state index is 12.9. The fraction of sp³-hybridized carbons (Fsp3) is 0.353.